The van der Waals surface area contributed by atoms with Crippen molar-refractivity contribution >= 4 is 25.0 Å². The van der Waals surface area contributed by atoms with Gasteiger partial charge in [0.25, 0.3) is 0 Å². The number of hydrogen-bond acceptors (Lipinski definition) is 4. The van der Waals surface area contributed by atoms with E-state index in [4.69, 9.17) is 11.6 Å². The van der Waals surface area contributed by atoms with Crippen molar-refractivity contribution < 1.29 is 18.7 Å². The Morgan fingerprint density at radius 1 is 1.23 bits per heavy atom. The molecular formula is C17H28ClFN3O3P. The maximum absolute atomic E-state index is 14.2. The summed E-state index contributed by atoms with van der Waals surface area (Å²) in [5.74, 6) is -1.35. The number of allylic oxidation sites excluding steroid dienone is 1. The van der Waals surface area contributed by atoms with Crippen LogP contribution in [0, 0.1) is 23.1 Å². The summed E-state index contributed by atoms with van der Waals surface area (Å²) < 4.78 is 26.4. The van der Waals surface area contributed by atoms with Gasteiger partial charge in [-0.05, 0) is 34.4 Å². The van der Waals surface area contributed by atoms with Crippen LogP contribution in [0.1, 0.15) is 48.5 Å². The van der Waals surface area contributed by atoms with Crippen molar-refractivity contribution in [1.29, 1.82) is 0 Å². The lowest BCUT2D eigenvalue weighted by Gasteiger charge is -2.38. The lowest BCUT2D eigenvalue weighted by Crippen LogP contribution is -2.39. The number of halogens is 2. The van der Waals surface area contributed by atoms with E-state index in [-0.39, 0.29) is 28.3 Å². The van der Waals surface area contributed by atoms with Crippen LogP contribution >= 0.6 is 19.2 Å². The van der Waals surface area contributed by atoms with Crippen molar-refractivity contribution in [2.75, 3.05) is 5.32 Å². The van der Waals surface area contributed by atoms with E-state index in [2.05, 4.69) is 15.3 Å². The molecule has 26 heavy (non-hydrogen) atoms. The van der Waals surface area contributed by atoms with E-state index in [1.54, 1.807) is 13.8 Å². The summed E-state index contributed by atoms with van der Waals surface area (Å²) in [6.45, 7) is 12.9. The Morgan fingerprint density at radius 3 is 2.15 bits per heavy atom. The van der Waals surface area contributed by atoms with Gasteiger partial charge in [-0.3, -0.25) is 4.57 Å². The highest BCUT2D eigenvalue weighted by atomic mass is 35.5. The molecule has 0 fully saturated rings. The van der Waals surface area contributed by atoms with Gasteiger partial charge in [-0.25, -0.2) is 9.37 Å². The largest absolute Gasteiger partial charge is 0.360 e. The summed E-state index contributed by atoms with van der Waals surface area (Å²) >= 11 is 5.78. The standard InChI is InChI=1S/C17H28ClFN3O3P/c1-9(2)12(13(10(3)4)26(23,24)25)14(17(5,6)7)21-15-11(19)8-20-16(18)22-15/h8-10,14H,1-7H3,(H,20,21,22)(H2,23,24,25)/t14-/m0/s1. The molecule has 0 aliphatic rings. The molecule has 0 aromatic carbocycles. The minimum Gasteiger partial charge on any atom is -0.360 e. The molecule has 0 spiro atoms. The van der Waals surface area contributed by atoms with Gasteiger partial charge in [0.05, 0.1) is 12.2 Å². The molecule has 1 atom stereocenters. The summed E-state index contributed by atoms with van der Waals surface area (Å²) in [5, 5.41) is 2.96. The summed E-state index contributed by atoms with van der Waals surface area (Å²) in [7, 11) is -4.50. The van der Waals surface area contributed by atoms with E-state index in [0.29, 0.717) is 5.57 Å². The van der Waals surface area contributed by atoms with E-state index in [9.17, 15) is 18.7 Å². The second-order valence-corrected chi connectivity index (χ2v) is 9.88. The van der Waals surface area contributed by atoms with Crippen LogP contribution in [0.25, 0.3) is 0 Å². The number of nitrogens with one attached hydrogen (secondary N) is 1. The normalized spacial score (nSPS) is 15.3. The predicted octanol–water partition coefficient (Wildman–Crippen LogP) is 4.84. The van der Waals surface area contributed by atoms with Crippen LogP contribution in [-0.2, 0) is 4.57 Å². The zero-order valence-electron chi connectivity index (χ0n) is 16.2. The second-order valence-electron chi connectivity index (χ2n) is 7.97. The van der Waals surface area contributed by atoms with Crippen LogP contribution in [0.2, 0.25) is 5.28 Å². The SMILES string of the molecule is CC(C)C(=C(C(C)C)P(=O)(O)O)[C@H](Nc1nc(Cl)ncc1F)C(C)(C)C. The number of hydrogen-bond donors (Lipinski definition) is 3. The molecule has 0 aliphatic heterocycles. The van der Waals surface area contributed by atoms with Gasteiger partial charge in [0.1, 0.15) is 0 Å². The zero-order valence-corrected chi connectivity index (χ0v) is 17.9. The Balaban J connectivity index is 3.68. The molecule has 9 heteroatoms. The molecule has 0 amide bonds. The third-order valence-electron chi connectivity index (χ3n) is 3.95. The molecule has 0 radical (unpaired) electrons. The van der Waals surface area contributed by atoms with Crippen LogP contribution in [0.3, 0.4) is 0 Å². The van der Waals surface area contributed by atoms with Crippen LogP contribution in [0.15, 0.2) is 17.1 Å². The number of rotatable bonds is 6. The van der Waals surface area contributed by atoms with E-state index in [1.807, 2.05) is 34.6 Å². The molecule has 6 nitrogen and oxygen atoms in total. The van der Waals surface area contributed by atoms with Crippen molar-refractivity contribution in [2.24, 2.45) is 17.3 Å². The first kappa shape index (κ1) is 23.0. The average Bonchev–Trinajstić information content (AvgIpc) is 2.42. The topological polar surface area (TPSA) is 95.3 Å². The first-order valence-electron chi connectivity index (χ1n) is 8.40. The molecule has 0 bridgehead atoms. The molecule has 1 heterocycles. The van der Waals surface area contributed by atoms with E-state index >= 15 is 0 Å². The van der Waals surface area contributed by atoms with Crippen molar-refractivity contribution in [3.05, 3.63) is 28.2 Å². The summed E-state index contributed by atoms with van der Waals surface area (Å²) in [4.78, 5) is 27.4. The van der Waals surface area contributed by atoms with Crippen LogP contribution in [-0.4, -0.2) is 25.8 Å². The monoisotopic (exact) mass is 407 g/mol. The fourth-order valence-corrected chi connectivity index (χ4v) is 4.49. The molecule has 3 N–H and O–H groups in total. The van der Waals surface area contributed by atoms with Gasteiger partial charge in [-0.15, -0.1) is 0 Å². The Hall–Kier alpha value is -1.01. The van der Waals surface area contributed by atoms with Crippen molar-refractivity contribution in [3.8, 4) is 0 Å². The maximum atomic E-state index is 14.2. The number of nitrogens with zero attached hydrogens (tertiary/aromatic N) is 2. The van der Waals surface area contributed by atoms with Gasteiger partial charge >= 0.3 is 7.60 Å². The Morgan fingerprint density at radius 2 is 1.77 bits per heavy atom. The van der Waals surface area contributed by atoms with Gasteiger partial charge in [-0.2, -0.15) is 4.98 Å². The molecule has 1 rings (SSSR count). The van der Waals surface area contributed by atoms with Gasteiger partial charge < -0.3 is 15.1 Å². The van der Waals surface area contributed by atoms with E-state index in [0.717, 1.165) is 6.20 Å². The van der Waals surface area contributed by atoms with Gasteiger partial charge in [0.2, 0.25) is 5.28 Å². The smallest absolute Gasteiger partial charge is 0.352 e. The molecule has 0 saturated heterocycles. The third-order valence-corrected chi connectivity index (χ3v) is 5.54. The van der Waals surface area contributed by atoms with Gasteiger partial charge in [-0.1, -0.05) is 48.5 Å². The molecule has 148 valence electrons. The van der Waals surface area contributed by atoms with Crippen LogP contribution < -0.4 is 5.32 Å². The summed E-state index contributed by atoms with van der Waals surface area (Å²) in [5.41, 5.74) is 0.0636. The Labute approximate surface area is 159 Å². The molecule has 1 aromatic heterocycles. The zero-order chi connectivity index (χ0) is 20.4. The average molecular weight is 408 g/mol. The van der Waals surface area contributed by atoms with Crippen LogP contribution in [0.4, 0.5) is 10.2 Å². The highest BCUT2D eigenvalue weighted by Gasteiger charge is 2.38. The molecule has 0 saturated carbocycles. The highest BCUT2D eigenvalue weighted by molar-refractivity contribution is 7.56. The lowest BCUT2D eigenvalue weighted by atomic mass is 9.77. The van der Waals surface area contributed by atoms with Gasteiger partial charge in [0, 0.05) is 5.31 Å². The third kappa shape index (κ3) is 5.74. The lowest BCUT2D eigenvalue weighted by molar-refractivity contribution is 0.346. The second kappa shape index (κ2) is 8.34. The fourth-order valence-electron chi connectivity index (χ4n) is 2.96. The van der Waals surface area contributed by atoms with Gasteiger partial charge in [0.15, 0.2) is 11.6 Å². The minimum absolute atomic E-state index is 0.0699. The first-order valence-corrected chi connectivity index (χ1v) is 10.4. The minimum atomic E-state index is -4.50. The molecule has 0 unspecified atom stereocenters. The quantitative estimate of drug-likeness (QED) is 0.461. The fraction of sp³-hybridized carbons (Fsp3) is 0.647. The maximum Gasteiger partial charge on any atom is 0.352 e. The first-order chi connectivity index (χ1) is 11.7. The van der Waals surface area contributed by atoms with E-state index in [1.165, 1.54) is 0 Å². The number of aromatic nitrogens is 2. The Kier molecular flexibility index (Phi) is 7.39. The highest BCUT2D eigenvalue weighted by Crippen LogP contribution is 2.53. The molecule has 0 aliphatic carbocycles. The van der Waals surface area contributed by atoms with Crippen molar-refractivity contribution in [1.82, 2.24) is 9.97 Å². The Bertz CT molecular complexity index is 726. The summed E-state index contributed by atoms with van der Waals surface area (Å²) in [6.07, 6.45) is 0.961. The predicted molar refractivity (Wildman–Crippen MR) is 103 cm³/mol. The molecular weight excluding hydrogens is 380 g/mol. The number of anilines is 1. The molecule has 1 aromatic rings. The van der Waals surface area contributed by atoms with E-state index < -0.39 is 24.9 Å². The van der Waals surface area contributed by atoms with Crippen molar-refractivity contribution in [3.63, 3.8) is 0 Å². The van der Waals surface area contributed by atoms with Crippen LogP contribution in [0.5, 0.6) is 0 Å². The van der Waals surface area contributed by atoms with Crippen molar-refractivity contribution in [2.45, 2.75) is 54.5 Å². The summed E-state index contributed by atoms with van der Waals surface area (Å²) in [6, 6.07) is -0.576.